The van der Waals surface area contributed by atoms with Gasteiger partial charge in [0.25, 0.3) is 12.3 Å². The molecule has 3 radical (unpaired) electrons. The Balaban J connectivity index is 1.76. The van der Waals surface area contributed by atoms with Gasteiger partial charge in [0.1, 0.15) is 6.61 Å². The highest BCUT2D eigenvalue weighted by molar-refractivity contribution is 7.18. The number of nitrogens with two attached hydrogens (primary N) is 1. The van der Waals surface area contributed by atoms with Gasteiger partial charge in [0.15, 0.2) is 5.76 Å². The summed E-state index contributed by atoms with van der Waals surface area (Å²) in [6.07, 6.45) is 2.12. The Bertz CT molecular complexity index is 1170. The van der Waals surface area contributed by atoms with Gasteiger partial charge < -0.3 is 24.9 Å². The lowest BCUT2D eigenvalue weighted by Crippen LogP contribution is -2.36. The fourth-order valence-corrected chi connectivity index (χ4v) is 4.91. The number of nitrogens with one attached hydrogen (secondary N) is 2. The number of hydrogen-bond acceptors (Lipinski definition) is 11. The van der Waals surface area contributed by atoms with Gasteiger partial charge in [-0.1, -0.05) is 17.8 Å². The van der Waals surface area contributed by atoms with Gasteiger partial charge >= 0.3 is 5.63 Å². The number of aromatic nitrogens is 2. The number of ether oxygens (including phenoxy) is 2. The summed E-state index contributed by atoms with van der Waals surface area (Å²) < 4.78 is 40.8. The summed E-state index contributed by atoms with van der Waals surface area (Å²) in [5, 5.41) is 13.7. The van der Waals surface area contributed by atoms with E-state index in [0.29, 0.717) is 23.7 Å². The summed E-state index contributed by atoms with van der Waals surface area (Å²) in [5.74, 6) is -1.35. The van der Waals surface area contributed by atoms with Crippen molar-refractivity contribution in [1.82, 2.24) is 10.2 Å². The minimum absolute atomic E-state index is 0.138. The molecule has 1 aliphatic rings. The smallest absolute Gasteiger partial charge is 0.381 e. The molecule has 1 unspecified atom stereocenters. The van der Waals surface area contributed by atoms with Crippen LogP contribution < -0.4 is 26.7 Å². The van der Waals surface area contributed by atoms with Crippen LogP contribution in [0.15, 0.2) is 32.5 Å². The lowest BCUT2D eigenvalue weighted by Gasteiger charge is -2.28. The molecule has 3 atom stereocenters. The van der Waals surface area contributed by atoms with Crippen LogP contribution in [0.2, 0.25) is 0 Å². The molecule has 193 valence electrons. The van der Waals surface area contributed by atoms with Gasteiger partial charge in [-0.25, -0.2) is 18.6 Å². The molecule has 36 heavy (non-hydrogen) atoms. The molecule has 0 aliphatic heterocycles. The van der Waals surface area contributed by atoms with Gasteiger partial charge in [0.2, 0.25) is 16.0 Å². The number of carbonyl (C=O) groups is 1. The van der Waals surface area contributed by atoms with Crippen molar-refractivity contribution in [1.29, 1.82) is 0 Å². The number of nitrogens with zero attached hydrogens (tertiary/aromatic N) is 3. The topological polar surface area (TPSA) is 154 Å². The van der Waals surface area contributed by atoms with Crippen LogP contribution in [0.25, 0.3) is 0 Å². The largest absolute Gasteiger partial charge is 0.488 e. The summed E-state index contributed by atoms with van der Waals surface area (Å²) in [5.41, 5.74) is 4.76. The second kappa shape index (κ2) is 12.7. The van der Waals surface area contributed by atoms with E-state index in [1.165, 1.54) is 19.4 Å². The summed E-state index contributed by atoms with van der Waals surface area (Å²) in [6, 6.07) is 1.31. The molecule has 1 amide bonds. The van der Waals surface area contributed by atoms with Gasteiger partial charge in [-0.15, -0.1) is 10.2 Å². The fourth-order valence-electron chi connectivity index (χ4n) is 3.71. The highest BCUT2D eigenvalue weighted by atomic mass is 32.1. The number of hydrogen-bond donors (Lipinski definition) is 3. The van der Waals surface area contributed by atoms with E-state index < -0.39 is 30.2 Å². The monoisotopic (exact) mass is 539 g/mol. The summed E-state index contributed by atoms with van der Waals surface area (Å²) in [4.78, 5) is 29.4. The number of anilines is 2. The molecule has 2 aromatic rings. The molecule has 0 spiro atoms. The van der Waals surface area contributed by atoms with Crippen LogP contribution in [-0.2, 0) is 4.74 Å². The number of aliphatic imine (C=N–C) groups is 1. The first-order chi connectivity index (χ1) is 17.2. The Morgan fingerprint density at radius 2 is 2.22 bits per heavy atom. The molecule has 3 rings (SSSR count). The highest BCUT2D eigenvalue weighted by Crippen LogP contribution is 2.33. The molecule has 0 aromatic carbocycles. The third kappa shape index (κ3) is 7.17. The molecule has 2 heterocycles. The van der Waals surface area contributed by atoms with Crippen molar-refractivity contribution >= 4 is 49.1 Å². The zero-order valence-electron chi connectivity index (χ0n) is 19.5. The molecule has 1 aliphatic carbocycles. The molecule has 0 bridgehead atoms. The summed E-state index contributed by atoms with van der Waals surface area (Å²) in [7, 11) is 4.86. The van der Waals surface area contributed by atoms with E-state index in [9.17, 15) is 18.4 Å². The number of allylic oxidation sites excluding steroid dienone is 1. The zero-order valence-corrected chi connectivity index (χ0v) is 21.3. The maximum Gasteiger partial charge on any atom is 0.381 e. The Morgan fingerprint density at radius 3 is 2.92 bits per heavy atom. The van der Waals surface area contributed by atoms with Gasteiger partial charge in [-0.3, -0.25) is 10.1 Å². The van der Waals surface area contributed by atoms with E-state index in [-0.39, 0.29) is 34.4 Å². The molecule has 1 fully saturated rings. The minimum Gasteiger partial charge on any atom is -0.488 e. The molecular formula is C21H25F2N6O5SSi. The molecule has 15 heteroatoms. The first-order valence-electron chi connectivity index (χ1n) is 10.9. The number of methoxy groups -OCH3 is 1. The molecule has 11 nitrogen and oxygen atoms in total. The Labute approximate surface area is 212 Å². The third-order valence-electron chi connectivity index (χ3n) is 5.26. The quantitative estimate of drug-likeness (QED) is 0.289. The number of alkyl halides is 2. The van der Waals surface area contributed by atoms with Crippen molar-refractivity contribution in [2.24, 2.45) is 16.6 Å². The van der Waals surface area contributed by atoms with E-state index in [4.69, 9.17) is 19.6 Å². The normalized spacial score (nSPS) is 19.1. The summed E-state index contributed by atoms with van der Waals surface area (Å²) in [6.45, 7) is 1.07. The SMILES string of the molecule is COc1c(NC([Si])[C@H]2CCC[C@H]2OCC(F)F)cc(C(=O)Nc2nnc(N=C(C)C=CN)s2)oc1=O. The van der Waals surface area contributed by atoms with Gasteiger partial charge in [0.05, 0.1) is 29.1 Å². The predicted molar refractivity (Wildman–Crippen MR) is 132 cm³/mol. The predicted octanol–water partition coefficient (Wildman–Crippen LogP) is 2.67. The van der Waals surface area contributed by atoms with E-state index in [2.05, 4.69) is 36.1 Å². The van der Waals surface area contributed by atoms with Gasteiger partial charge in [-0.05, 0) is 32.0 Å². The highest BCUT2D eigenvalue weighted by Gasteiger charge is 2.33. The van der Waals surface area contributed by atoms with Crippen molar-refractivity contribution in [3.05, 3.63) is 34.5 Å². The number of halogens is 2. The van der Waals surface area contributed by atoms with E-state index in [1.807, 2.05) is 0 Å². The first-order valence-corrected chi connectivity index (χ1v) is 12.3. The van der Waals surface area contributed by atoms with Gasteiger partial charge in [-0.2, -0.15) is 0 Å². The second-order valence-electron chi connectivity index (χ2n) is 7.78. The molecule has 2 aromatic heterocycles. The van der Waals surface area contributed by atoms with Crippen LogP contribution in [0, 0.1) is 5.92 Å². The van der Waals surface area contributed by atoms with Crippen LogP contribution in [0.1, 0.15) is 36.7 Å². The number of rotatable bonds is 11. The van der Waals surface area contributed by atoms with Crippen LogP contribution in [-0.4, -0.2) is 64.0 Å². The van der Waals surface area contributed by atoms with E-state index in [1.54, 1.807) is 13.0 Å². The average molecular weight is 540 g/mol. The minimum atomic E-state index is -2.56. The molecular weight excluding hydrogens is 514 g/mol. The summed E-state index contributed by atoms with van der Waals surface area (Å²) >= 11 is 1.01. The van der Waals surface area contributed by atoms with Crippen molar-refractivity contribution in [2.75, 3.05) is 24.4 Å². The fraction of sp³-hybridized carbons (Fsp3) is 0.476. The van der Waals surface area contributed by atoms with Crippen LogP contribution >= 0.6 is 11.3 Å². The maximum atomic E-state index is 12.8. The first kappa shape index (κ1) is 27.4. The van der Waals surface area contributed by atoms with Crippen molar-refractivity contribution in [2.45, 2.75) is 44.4 Å². The third-order valence-corrected chi connectivity index (χ3v) is 6.56. The van der Waals surface area contributed by atoms with Crippen molar-refractivity contribution in [3.63, 3.8) is 0 Å². The number of amides is 1. The van der Waals surface area contributed by atoms with E-state index in [0.717, 1.165) is 17.8 Å². The van der Waals surface area contributed by atoms with Crippen molar-refractivity contribution < 1.29 is 27.5 Å². The maximum absolute atomic E-state index is 12.8. The van der Waals surface area contributed by atoms with Crippen LogP contribution in [0.3, 0.4) is 0 Å². The van der Waals surface area contributed by atoms with E-state index >= 15 is 0 Å². The Kier molecular flexibility index (Phi) is 9.66. The number of carbonyl (C=O) groups excluding carboxylic acids is 1. The van der Waals surface area contributed by atoms with Crippen LogP contribution in [0.4, 0.5) is 24.7 Å². The Morgan fingerprint density at radius 1 is 1.44 bits per heavy atom. The molecule has 1 saturated carbocycles. The zero-order chi connectivity index (χ0) is 26.2. The molecule has 4 N–H and O–H groups in total. The lowest BCUT2D eigenvalue weighted by molar-refractivity contribution is -0.0373. The van der Waals surface area contributed by atoms with Gasteiger partial charge in [0, 0.05) is 23.4 Å². The van der Waals surface area contributed by atoms with Crippen molar-refractivity contribution in [3.8, 4) is 5.75 Å². The average Bonchev–Trinajstić information content (AvgIpc) is 3.47. The van der Waals surface area contributed by atoms with Crippen LogP contribution in [0.5, 0.6) is 5.75 Å². The lowest BCUT2D eigenvalue weighted by atomic mass is 10.1. The Hall–Kier alpha value is -3.17. The molecule has 0 saturated heterocycles. The second-order valence-corrected chi connectivity index (χ2v) is 9.36. The standard InChI is InChI=1S/C21H25F2N6O5SSi/c1-10(6-7-24)25-20-28-29-21(35-20)27-17(30)14-8-12(16(32-2)19(31)34-14)26-18(36)11-4-3-5-13(11)33-9-15(22)23/h6-8,11,13,15,18,26H,3-5,9,24H2,1-2H3,(H,27,29,30)/t11-,13+,18?/m0/s1.